The van der Waals surface area contributed by atoms with Crippen molar-refractivity contribution in [3.05, 3.63) is 12.4 Å². The van der Waals surface area contributed by atoms with Crippen molar-refractivity contribution < 1.29 is 9.59 Å². The Morgan fingerprint density at radius 2 is 2.30 bits per heavy atom. The maximum atomic E-state index is 12.3. The first kappa shape index (κ1) is 13.1. The third kappa shape index (κ3) is 1.98. The second-order valence-electron chi connectivity index (χ2n) is 5.61. The summed E-state index contributed by atoms with van der Waals surface area (Å²) in [4.78, 5) is 27.7. The van der Waals surface area contributed by atoms with Crippen LogP contribution in [0.2, 0.25) is 0 Å². The van der Waals surface area contributed by atoms with Crippen LogP contribution in [0.3, 0.4) is 0 Å². The summed E-state index contributed by atoms with van der Waals surface area (Å²) in [5, 5.41) is 7.43. The number of nitrogens with zero attached hydrogens (tertiary/aromatic N) is 4. The maximum Gasteiger partial charge on any atom is 0.246 e. The molecular weight excluding hydrogens is 258 g/mol. The summed E-state index contributed by atoms with van der Waals surface area (Å²) >= 11 is 0. The average molecular weight is 277 g/mol. The van der Waals surface area contributed by atoms with E-state index in [2.05, 4.69) is 10.4 Å². The van der Waals surface area contributed by atoms with E-state index in [9.17, 15) is 9.59 Å². The van der Waals surface area contributed by atoms with E-state index in [1.807, 2.05) is 13.2 Å². The molecule has 0 bridgehead atoms. The lowest BCUT2D eigenvalue weighted by molar-refractivity contribution is -0.142. The Kier molecular flexibility index (Phi) is 3.01. The van der Waals surface area contributed by atoms with Crippen LogP contribution in [0.4, 0.5) is 5.69 Å². The third-order valence-electron chi connectivity index (χ3n) is 4.22. The van der Waals surface area contributed by atoms with Crippen LogP contribution in [0, 0.1) is 0 Å². The Morgan fingerprint density at radius 3 is 2.85 bits per heavy atom. The van der Waals surface area contributed by atoms with Crippen molar-refractivity contribution in [3.8, 4) is 0 Å². The van der Waals surface area contributed by atoms with Gasteiger partial charge in [0.2, 0.25) is 11.8 Å². The molecule has 0 unspecified atom stereocenters. The van der Waals surface area contributed by atoms with Crippen LogP contribution in [0.15, 0.2) is 12.4 Å². The summed E-state index contributed by atoms with van der Waals surface area (Å²) in [6.45, 7) is 3.82. The number of aryl methyl sites for hydroxylation is 1. The van der Waals surface area contributed by atoms with Gasteiger partial charge in [0.25, 0.3) is 0 Å². The SMILES string of the molecule is CC(=O)N1CC(=O)N(c2cnn(C)c2)C[C@@]12CCNC2. The zero-order chi connectivity index (χ0) is 14.3. The number of aromatic nitrogens is 2. The normalized spacial score (nSPS) is 26.6. The molecule has 3 heterocycles. The molecule has 2 amide bonds. The molecule has 2 aliphatic heterocycles. The lowest BCUT2D eigenvalue weighted by Crippen LogP contribution is -2.66. The average Bonchev–Trinajstić information content (AvgIpc) is 3.02. The monoisotopic (exact) mass is 277 g/mol. The minimum absolute atomic E-state index is 0.0344. The van der Waals surface area contributed by atoms with Gasteiger partial charge >= 0.3 is 0 Å². The summed E-state index contributed by atoms with van der Waals surface area (Å²) in [7, 11) is 1.83. The molecule has 1 atom stereocenters. The van der Waals surface area contributed by atoms with Crippen molar-refractivity contribution in [1.29, 1.82) is 0 Å². The lowest BCUT2D eigenvalue weighted by Gasteiger charge is -2.47. The Hall–Kier alpha value is -1.89. The molecule has 7 heteroatoms. The number of hydrogen-bond acceptors (Lipinski definition) is 4. The van der Waals surface area contributed by atoms with Gasteiger partial charge in [0.05, 0.1) is 24.0 Å². The van der Waals surface area contributed by atoms with E-state index in [-0.39, 0.29) is 23.9 Å². The second kappa shape index (κ2) is 4.59. The van der Waals surface area contributed by atoms with Crippen molar-refractivity contribution in [3.63, 3.8) is 0 Å². The van der Waals surface area contributed by atoms with Crippen LogP contribution < -0.4 is 10.2 Å². The molecule has 1 N–H and O–H groups in total. The number of hydrogen-bond donors (Lipinski definition) is 1. The van der Waals surface area contributed by atoms with Crippen molar-refractivity contribution in [2.45, 2.75) is 18.9 Å². The summed E-state index contributed by atoms with van der Waals surface area (Å²) in [6, 6.07) is 0. The fraction of sp³-hybridized carbons (Fsp3) is 0.615. The molecule has 1 aromatic rings. The summed E-state index contributed by atoms with van der Waals surface area (Å²) in [6.07, 6.45) is 4.39. The second-order valence-corrected chi connectivity index (χ2v) is 5.61. The first-order valence-corrected chi connectivity index (χ1v) is 6.80. The van der Waals surface area contributed by atoms with Crippen molar-refractivity contribution in [1.82, 2.24) is 20.0 Å². The van der Waals surface area contributed by atoms with Gasteiger partial charge in [-0.25, -0.2) is 0 Å². The fourth-order valence-corrected chi connectivity index (χ4v) is 3.18. The van der Waals surface area contributed by atoms with Crippen LogP contribution in [-0.4, -0.2) is 58.2 Å². The predicted octanol–water partition coefficient (Wildman–Crippen LogP) is -0.653. The van der Waals surface area contributed by atoms with Gasteiger partial charge in [0.15, 0.2) is 0 Å². The number of amides is 2. The first-order valence-electron chi connectivity index (χ1n) is 6.80. The summed E-state index contributed by atoms with van der Waals surface area (Å²) in [5.74, 6) is -0.0846. The summed E-state index contributed by atoms with van der Waals surface area (Å²) < 4.78 is 1.68. The van der Waals surface area contributed by atoms with E-state index < -0.39 is 0 Å². The molecule has 108 valence electrons. The molecular formula is C13H19N5O2. The molecule has 1 aromatic heterocycles. The molecule has 7 nitrogen and oxygen atoms in total. The van der Waals surface area contributed by atoms with Crippen LogP contribution in [0.25, 0.3) is 0 Å². The van der Waals surface area contributed by atoms with Gasteiger partial charge in [-0.2, -0.15) is 5.10 Å². The molecule has 3 rings (SSSR count). The highest BCUT2D eigenvalue weighted by Gasteiger charge is 2.48. The third-order valence-corrected chi connectivity index (χ3v) is 4.22. The Balaban J connectivity index is 1.92. The van der Waals surface area contributed by atoms with E-state index >= 15 is 0 Å². The van der Waals surface area contributed by atoms with Gasteiger partial charge in [0, 0.05) is 26.7 Å². The largest absolute Gasteiger partial charge is 0.325 e. The zero-order valence-electron chi connectivity index (χ0n) is 11.8. The fourth-order valence-electron chi connectivity index (χ4n) is 3.18. The molecule has 0 aliphatic carbocycles. The molecule has 0 radical (unpaired) electrons. The van der Waals surface area contributed by atoms with Crippen LogP contribution in [0.5, 0.6) is 0 Å². The van der Waals surface area contributed by atoms with Gasteiger partial charge < -0.3 is 15.1 Å². The Bertz CT molecular complexity index is 547. The number of carbonyl (C=O) groups is 2. The lowest BCUT2D eigenvalue weighted by atomic mass is 9.92. The Morgan fingerprint density at radius 1 is 1.50 bits per heavy atom. The van der Waals surface area contributed by atoms with E-state index in [1.165, 1.54) is 6.92 Å². The van der Waals surface area contributed by atoms with Gasteiger partial charge in [0.1, 0.15) is 6.54 Å². The number of rotatable bonds is 1. The molecule has 0 aromatic carbocycles. The quantitative estimate of drug-likeness (QED) is 0.740. The van der Waals surface area contributed by atoms with Gasteiger partial charge in [-0.3, -0.25) is 14.3 Å². The van der Waals surface area contributed by atoms with E-state index in [4.69, 9.17) is 0 Å². The summed E-state index contributed by atoms with van der Waals surface area (Å²) in [5.41, 5.74) is 0.516. The predicted molar refractivity (Wildman–Crippen MR) is 73.2 cm³/mol. The van der Waals surface area contributed by atoms with Crippen molar-refractivity contribution in [2.24, 2.45) is 7.05 Å². The van der Waals surface area contributed by atoms with Crippen LogP contribution in [-0.2, 0) is 16.6 Å². The number of nitrogens with one attached hydrogen (secondary N) is 1. The first-order chi connectivity index (χ1) is 9.52. The van der Waals surface area contributed by atoms with E-state index in [0.29, 0.717) is 6.54 Å². The Labute approximate surface area is 117 Å². The number of piperazine rings is 1. The molecule has 2 aliphatic rings. The zero-order valence-corrected chi connectivity index (χ0v) is 11.8. The van der Waals surface area contributed by atoms with Crippen molar-refractivity contribution in [2.75, 3.05) is 31.1 Å². The maximum absolute atomic E-state index is 12.3. The molecule has 2 fully saturated rings. The minimum Gasteiger partial charge on any atom is -0.325 e. The topological polar surface area (TPSA) is 70.5 Å². The van der Waals surface area contributed by atoms with Gasteiger partial charge in [-0.05, 0) is 13.0 Å². The van der Waals surface area contributed by atoms with E-state index in [0.717, 1.165) is 25.2 Å². The highest BCUT2D eigenvalue weighted by atomic mass is 16.2. The molecule has 20 heavy (non-hydrogen) atoms. The van der Waals surface area contributed by atoms with Gasteiger partial charge in [-0.1, -0.05) is 0 Å². The van der Waals surface area contributed by atoms with Crippen LogP contribution >= 0.6 is 0 Å². The van der Waals surface area contributed by atoms with Gasteiger partial charge in [-0.15, -0.1) is 0 Å². The molecule has 2 saturated heterocycles. The molecule has 0 saturated carbocycles. The highest BCUT2D eigenvalue weighted by molar-refractivity contribution is 5.98. The smallest absolute Gasteiger partial charge is 0.246 e. The van der Waals surface area contributed by atoms with Crippen LogP contribution in [0.1, 0.15) is 13.3 Å². The molecule has 1 spiro atoms. The standard InChI is InChI=1S/C13H19N5O2/c1-10(19)18-7-12(20)17(11-5-15-16(2)6-11)9-13(18)3-4-14-8-13/h5-6,14H,3-4,7-9H2,1-2H3/t13-/m0/s1. The minimum atomic E-state index is -0.282. The number of carbonyl (C=O) groups excluding carboxylic acids is 2. The highest BCUT2D eigenvalue weighted by Crippen LogP contribution is 2.31. The number of anilines is 1. The van der Waals surface area contributed by atoms with Crippen molar-refractivity contribution >= 4 is 17.5 Å². The van der Waals surface area contributed by atoms with E-state index in [1.54, 1.807) is 20.7 Å².